The number of nitrogens with zero attached hydrogens (tertiary/aromatic N) is 3. The van der Waals surface area contributed by atoms with Crippen LogP contribution in [-0.4, -0.2) is 30.8 Å². The summed E-state index contributed by atoms with van der Waals surface area (Å²) in [6.07, 6.45) is 4.54. The first-order chi connectivity index (χ1) is 11.4. The molecular formula is C16H13Cl2N3O2S. The van der Waals surface area contributed by atoms with Crippen LogP contribution in [-0.2, 0) is 17.2 Å². The van der Waals surface area contributed by atoms with Crippen molar-refractivity contribution in [1.29, 1.82) is 0 Å². The standard InChI is InChI=1S/C16H13Cl2N3O2S/c1-9-5-14-10(3-4-16(24(2)23)21(14)20-9)15(22)6-11-12(17)7-19-8-13(11)18/h3-5,7-8H,6H2,1-2H3. The second-order valence-corrected chi connectivity index (χ2v) is 7.44. The number of halogens is 2. The van der Waals surface area contributed by atoms with Crippen molar-refractivity contribution >= 4 is 45.3 Å². The lowest BCUT2D eigenvalue weighted by atomic mass is 10.0. The molecule has 0 N–H and O–H groups in total. The number of pyridine rings is 2. The first-order valence-electron chi connectivity index (χ1n) is 7.02. The zero-order chi connectivity index (χ0) is 17.4. The molecule has 5 nitrogen and oxygen atoms in total. The van der Waals surface area contributed by atoms with Crippen molar-refractivity contribution in [2.75, 3.05) is 6.26 Å². The van der Waals surface area contributed by atoms with E-state index in [1.165, 1.54) is 12.4 Å². The Balaban J connectivity index is 2.08. The number of Topliss-reactive ketones (excluding diaryl/α,β-unsaturated/α-hetero) is 1. The van der Waals surface area contributed by atoms with E-state index in [9.17, 15) is 9.00 Å². The van der Waals surface area contributed by atoms with E-state index in [4.69, 9.17) is 23.2 Å². The molecule has 3 aromatic rings. The van der Waals surface area contributed by atoms with Crippen LogP contribution >= 0.6 is 23.2 Å². The first-order valence-corrected chi connectivity index (χ1v) is 9.33. The molecule has 24 heavy (non-hydrogen) atoms. The second kappa shape index (κ2) is 6.63. The van der Waals surface area contributed by atoms with Gasteiger partial charge in [0.2, 0.25) is 0 Å². The molecule has 3 heterocycles. The smallest absolute Gasteiger partial charge is 0.169 e. The lowest BCUT2D eigenvalue weighted by Crippen LogP contribution is -2.09. The quantitative estimate of drug-likeness (QED) is 0.648. The molecule has 3 aromatic heterocycles. The van der Waals surface area contributed by atoms with Crippen LogP contribution in [0.5, 0.6) is 0 Å². The molecule has 0 aromatic carbocycles. The third kappa shape index (κ3) is 3.09. The number of ketones is 1. The third-order valence-corrected chi connectivity index (χ3v) is 5.14. The number of rotatable bonds is 4. The largest absolute Gasteiger partial charge is 0.294 e. The van der Waals surface area contributed by atoms with E-state index in [-0.39, 0.29) is 12.2 Å². The molecule has 1 atom stereocenters. The summed E-state index contributed by atoms with van der Waals surface area (Å²) in [7, 11) is -1.22. The highest BCUT2D eigenvalue weighted by molar-refractivity contribution is 7.84. The van der Waals surface area contributed by atoms with Gasteiger partial charge < -0.3 is 0 Å². The molecule has 0 fully saturated rings. The molecule has 0 saturated carbocycles. The summed E-state index contributed by atoms with van der Waals surface area (Å²) < 4.78 is 13.4. The van der Waals surface area contributed by atoms with E-state index in [2.05, 4.69) is 10.1 Å². The van der Waals surface area contributed by atoms with Crippen molar-refractivity contribution in [3.63, 3.8) is 0 Å². The molecule has 0 bridgehead atoms. The minimum absolute atomic E-state index is 0.0502. The Morgan fingerprint density at radius 3 is 2.54 bits per heavy atom. The molecule has 1 unspecified atom stereocenters. The van der Waals surface area contributed by atoms with E-state index < -0.39 is 10.8 Å². The lowest BCUT2D eigenvalue weighted by molar-refractivity contribution is 0.0994. The second-order valence-electron chi connectivity index (χ2n) is 5.30. The van der Waals surface area contributed by atoms with Gasteiger partial charge in [0.1, 0.15) is 5.03 Å². The van der Waals surface area contributed by atoms with Gasteiger partial charge in [-0.1, -0.05) is 23.2 Å². The van der Waals surface area contributed by atoms with Gasteiger partial charge in [-0.25, -0.2) is 4.52 Å². The predicted molar refractivity (Wildman–Crippen MR) is 94.6 cm³/mol. The Morgan fingerprint density at radius 2 is 1.92 bits per heavy atom. The van der Waals surface area contributed by atoms with Gasteiger partial charge in [-0.3, -0.25) is 14.0 Å². The highest BCUT2D eigenvalue weighted by atomic mass is 35.5. The van der Waals surface area contributed by atoms with Gasteiger partial charge in [0, 0.05) is 36.2 Å². The van der Waals surface area contributed by atoms with Crippen molar-refractivity contribution in [1.82, 2.24) is 14.6 Å². The van der Waals surface area contributed by atoms with Crippen molar-refractivity contribution in [3.8, 4) is 0 Å². The Kier molecular flexibility index (Phi) is 4.71. The molecular weight excluding hydrogens is 369 g/mol. The average Bonchev–Trinajstić information content (AvgIpc) is 2.90. The van der Waals surface area contributed by atoms with Crippen LogP contribution in [0, 0.1) is 6.92 Å². The number of aryl methyl sites for hydroxylation is 1. The zero-order valence-electron chi connectivity index (χ0n) is 12.9. The van der Waals surface area contributed by atoms with Gasteiger partial charge in [-0.2, -0.15) is 5.10 Å². The fourth-order valence-electron chi connectivity index (χ4n) is 2.49. The molecule has 0 spiro atoms. The molecule has 0 aliphatic carbocycles. The summed E-state index contributed by atoms with van der Waals surface area (Å²) in [5.41, 5.74) is 2.37. The third-order valence-electron chi connectivity index (χ3n) is 3.59. The van der Waals surface area contributed by atoms with Crippen molar-refractivity contribution in [2.24, 2.45) is 0 Å². The monoisotopic (exact) mass is 381 g/mol. The van der Waals surface area contributed by atoms with Crippen LogP contribution in [0.2, 0.25) is 10.0 Å². The highest BCUT2D eigenvalue weighted by Crippen LogP contribution is 2.26. The molecule has 0 aliphatic rings. The normalized spacial score (nSPS) is 12.5. The molecule has 0 aliphatic heterocycles. The number of fused-ring (bicyclic) bond motifs is 1. The van der Waals surface area contributed by atoms with Crippen molar-refractivity contribution in [3.05, 3.63) is 57.5 Å². The van der Waals surface area contributed by atoms with Crippen LogP contribution < -0.4 is 0 Å². The predicted octanol–water partition coefficient (Wildman–Crippen LogP) is 3.51. The summed E-state index contributed by atoms with van der Waals surface area (Å²) in [5, 5.41) is 5.57. The van der Waals surface area contributed by atoms with Crippen LogP contribution in [0.3, 0.4) is 0 Å². The van der Waals surface area contributed by atoms with Gasteiger partial charge >= 0.3 is 0 Å². The number of hydrogen-bond donors (Lipinski definition) is 0. The summed E-state index contributed by atoms with van der Waals surface area (Å²) in [6, 6.07) is 5.11. The van der Waals surface area contributed by atoms with Gasteiger partial charge in [-0.15, -0.1) is 0 Å². The topological polar surface area (TPSA) is 64.3 Å². The number of hydrogen-bond acceptors (Lipinski definition) is 4. The molecule has 3 rings (SSSR count). The molecule has 0 radical (unpaired) electrons. The SMILES string of the molecule is Cc1cc2c(C(=O)Cc3c(Cl)cncc3Cl)ccc(S(C)=O)n2n1. The molecule has 124 valence electrons. The Bertz CT molecular complexity index is 965. The number of carbonyl (C=O) groups excluding carboxylic acids is 1. The maximum atomic E-state index is 12.8. The van der Waals surface area contributed by atoms with E-state index in [1.807, 2.05) is 6.92 Å². The number of aromatic nitrogens is 3. The minimum atomic E-state index is -1.22. The van der Waals surface area contributed by atoms with Gasteiger partial charge in [0.15, 0.2) is 5.78 Å². The fourth-order valence-corrected chi connectivity index (χ4v) is 3.63. The van der Waals surface area contributed by atoms with Gasteiger partial charge in [0.05, 0.1) is 32.1 Å². The Labute approximate surface area is 151 Å². The highest BCUT2D eigenvalue weighted by Gasteiger charge is 2.18. The van der Waals surface area contributed by atoms with Crippen LogP contribution in [0.4, 0.5) is 0 Å². The number of carbonyl (C=O) groups is 1. The molecule has 0 saturated heterocycles. The van der Waals surface area contributed by atoms with E-state index in [1.54, 1.807) is 29.0 Å². The van der Waals surface area contributed by atoms with E-state index >= 15 is 0 Å². The summed E-state index contributed by atoms with van der Waals surface area (Å²) >= 11 is 12.2. The van der Waals surface area contributed by atoms with Crippen molar-refractivity contribution in [2.45, 2.75) is 18.4 Å². The van der Waals surface area contributed by atoms with E-state index in [0.717, 1.165) is 5.69 Å². The van der Waals surface area contributed by atoms with E-state index in [0.29, 0.717) is 31.7 Å². The Morgan fingerprint density at radius 1 is 1.25 bits per heavy atom. The van der Waals surface area contributed by atoms with Crippen LogP contribution in [0.1, 0.15) is 21.6 Å². The minimum Gasteiger partial charge on any atom is -0.294 e. The first kappa shape index (κ1) is 17.1. The summed E-state index contributed by atoms with van der Waals surface area (Å²) in [5.74, 6) is -0.150. The van der Waals surface area contributed by atoms with Crippen LogP contribution in [0.15, 0.2) is 35.6 Å². The maximum Gasteiger partial charge on any atom is 0.169 e. The molecule has 0 amide bonds. The lowest BCUT2D eigenvalue weighted by Gasteiger charge is -2.09. The average molecular weight is 382 g/mol. The van der Waals surface area contributed by atoms with Gasteiger partial charge in [0.25, 0.3) is 0 Å². The van der Waals surface area contributed by atoms with Crippen LogP contribution in [0.25, 0.3) is 5.52 Å². The molecule has 8 heteroatoms. The summed E-state index contributed by atoms with van der Waals surface area (Å²) in [6.45, 7) is 1.82. The van der Waals surface area contributed by atoms with Crippen molar-refractivity contribution < 1.29 is 9.00 Å². The fraction of sp³-hybridized carbons (Fsp3) is 0.188. The maximum absolute atomic E-state index is 12.8. The van der Waals surface area contributed by atoms with Gasteiger partial charge in [-0.05, 0) is 25.1 Å². The zero-order valence-corrected chi connectivity index (χ0v) is 15.2. The Hall–Kier alpha value is -1.76. The summed E-state index contributed by atoms with van der Waals surface area (Å²) in [4.78, 5) is 16.7.